The van der Waals surface area contributed by atoms with Crippen LogP contribution in [0.3, 0.4) is 0 Å². The average molecular weight is 537 g/mol. The highest BCUT2D eigenvalue weighted by Crippen LogP contribution is 2.32. The molecular weight excluding hydrogens is 468 g/mol. The molecule has 0 radical (unpaired) electrons. The zero-order valence-electron chi connectivity index (χ0n) is 26.0. The zero-order chi connectivity index (χ0) is 27.5. The summed E-state index contributed by atoms with van der Waals surface area (Å²) < 4.78 is 0. The second kappa shape index (κ2) is 27.0. The fourth-order valence-electron chi connectivity index (χ4n) is 5.95. The van der Waals surface area contributed by atoms with Crippen molar-refractivity contribution in [3.63, 3.8) is 0 Å². The van der Waals surface area contributed by atoms with Crippen molar-refractivity contribution in [2.45, 2.75) is 200 Å². The Bertz CT molecular complexity index is 478. The molecule has 1 N–H and O–H groups in total. The standard InChI is InChI=1S/C34H68O2Si/c1-5-8-11-14-17-20-23-26-29-37(32-33(4)34(35)36,30-27-24-21-18-15-12-9-6-2)31-28-25-22-19-16-13-10-7-3/h32H,5-31H2,1-4H3,(H,35,36). The van der Waals surface area contributed by atoms with E-state index in [9.17, 15) is 9.90 Å². The van der Waals surface area contributed by atoms with Crippen molar-refractivity contribution in [3.8, 4) is 0 Å². The van der Waals surface area contributed by atoms with Gasteiger partial charge in [0.25, 0.3) is 0 Å². The van der Waals surface area contributed by atoms with E-state index >= 15 is 0 Å². The van der Waals surface area contributed by atoms with Crippen LogP contribution in [0.4, 0.5) is 0 Å². The monoisotopic (exact) mass is 536 g/mol. The van der Waals surface area contributed by atoms with Gasteiger partial charge in [-0.2, -0.15) is 0 Å². The molecule has 0 unspecified atom stereocenters. The molecule has 0 aromatic carbocycles. The van der Waals surface area contributed by atoms with Crippen molar-refractivity contribution in [2.24, 2.45) is 0 Å². The van der Waals surface area contributed by atoms with Crippen LogP contribution >= 0.6 is 0 Å². The Kier molecular flexibility index (Phi) is 26.6. The third-order valence-corrected chi connectivity index (χ3v) is 13.5. The van der Waals surface area contributed by atoms with Crippen LogP contribution in [0.15, 0.2) is 11.3 Å². The molecule has 0 fully saturated rings. The van der Waals surface area contributed by atoms with Gasteiger partial charge in [-0.25, -0.2) is 4.79 Å². The Hall–Kier alpha value is -0.573. The van der Waals surface area contributed by atoms with Gasteiger partial charge in [0.05, 0.1) is 8.07 Å². The lowest BCUT2D eigenvalue weighted by Gasteiger charge is -2.30. The first-order valence-corrected chi connectivity index (χ1v) is 19.6. The Balaban J connectivity index is 4.90. The Morgan fingerprint density at radius 2 is 0.730 bits per heavy atom. The van der Waals surface area contributed by atoms with E-state index in [4.69, 9.17) is 0 Å². The number of carboxylic acids is 1. The minimum absolute atomic E-state index is 0.630. The SMILES string of the molecule is CCCCCCCCCC[Si](C=C(C)C(=O)O)(CCCCCCCCCC)CCCCCCCCCC. The van der Waals surface area contributed by atoms with Crippen LogP contribution in [0.5, 0.6) is 0 Å². The molecule has 0 saturated heterocycles. The molecule has 0 saturated carbocycles. The van der Waals surface area contributed by atoms with E-state index in [0.29, 0.717) is 5.57 Å². The maximum absolute atomic E-state index is 11.8. The van der Waals surface area contributed by atoms with Crippen LogP contribution in [-0.2, 0) is 4.79 Å². The highest BCUT2D eigenvalue weighted by atomic mass is 28.3. The highest BCUT2D eigenvalue weighted by Gasteiger charge is 2.30. The van der Waals surface area contributed by atoms with Crippen LogP contribution in [0.25, 0.3) is 0 Å². The van der Waals surface area contributed by atoms with E-state index in [1.807, 2.05) is 6.92 Å². The van der Waals surface area contributed by atoms with E-state index in [-0.39, 0.29) is 0 Å². The summed E-state index contributed by atoms with van der Waals surface area (Å²) in [6.07, 6.45) is 32.7. The third kappa shape index (κ3) is 23.1. The van der Waals surface area contributed by atoms with Crippen molar-refractivity contribution < 1.29 is 9.90 Å². The number of hydrogen-bond acceptors (Lipinski definition) is 1. The van der Waals surface area contributed by atoms with Crippen molar-refractivity contribution in [3.05, 3.63) is 11.3 Å². The number of carboxylic acid groups (broad SMARTS) is 1. The molecule has 37 heavy (non-hydrogen) atoms. The van der Waals surface area contributed by atoms with Crippen LogP contribution in [-0.4, -0.2) is 19.1 Å². The van der Waals surface area contributed by atoms with Crippen molar-refractivity contribution in [2.75, 3.05) is 0 Å². The average Bonchev–Trinajstić information content (AvgIpc) is 2.88. The van der Waals surface area contributed by atoms with E-state index in [1.54, 1.807) is 0 Å². The molecule has 2 nitrogen and oxygen atoms in total. The summed E-state index contributed by atoms with van der Waals surface area (Å²) in [4.78, 5) is 11.8. The lowest BCUT2D eigenvalue weighted by Crippen LogP contribution is -2.33. The van der Waals surface area contributed by atoms with Crippen molar-refractivity contribution in [1.29, 1.82) is 0 Å². The van der Waals surface area contributed by atoms with E-state index < -0.39 is 14.0 Å². The second-order valence-corrected chi connectivity index (χ2v) is 16.7. The molecule has 220 valence electrons. The molecule has 0 heterocycles. The summed E-state index contributed by atoms with van der Waals surface area (Å²) in [6.45, 7) is 8.72. The van der Waals surface area contributed by atoms with Gasteiger partial charge in [-0.15, -0.1) is 0 Å². The predicted molar refractivity (Wildman–Crippen MR) is 169 cm³/mol. The molecule has 0 bridgehead atoms. The first-order chi connectivity index (χ1) is 18.0. The predicted octanol–water partition coefficient (Wildman–Crippen LogP) is 12.4. The minimum Gasteiger partial charge on any atom is -0.478 e. The van der Waals surface area contributed by atoms with Gasteiger partial charge < -0.3 is 5.11 Å². The lowest BCUT2D eigenvalue weighted by molar-refractivity contribution is -0.132. The van der Waals surface area contributed by atoms with Crippen molar-refractivity contribution >= 4 is 14.0 Å². The van der Waals surface area contributed by atoms with Gasteiger partial charge in [0.2, 0.25) is 0 Å². The fourth-order valence-corrected chi connectivity index (χ4v) is 11.0. The molecule has 0 spiro atoms. The van der Waals surface area contributed by atoms with Gasteiger partial charge in [-0.1, -0.05) is 199 Å². The highest BCUT2D eigenvalue weighted by molar-refractivity contribution is 6.84. The third-order valence-electron chi connectivity index (χ3n) is 8.44. The summed E-state index contributed by atoms with van der Waals surface area (Å²) in [5.41, 5.74) is 2.98. The molecular formula is C34H68O2Si. The molecule has 0 atom stereocenters. The topological polar surface area (TPSA) is 37.3 Å². The second-order valence-electron chi connectivity index (χ2n) is 12.2. The van der Waals surface area contributed by atoms with Gasteiger partial charge in [0.1, 0.15) is 0 Å². The molecule has 0 aliphatic carbocycles. The molecule has 0 aromatic rings. The molecule has 0 aromatic heterocycles. The summed E-state index contributed by atoms with van der Waals surface area (Å²) in [5.74, 6) is -0.695. The minimum atomic E-state index is -1.71. The molecule has 0 amide bonds. The summed E-state index contributed by atoms with van der Waals surface area (Å²) >= 11 is 0. The summed E-state index contributed by atoms with van der Waals surface area (Å²) in [7, 11) is -1.71. The van der Waals surface area contributed by atoms with Gasteiger partial charge >= 0.3 is 5.97 Å². The summed E-state index contributed by atoms with van der Waals surface area (Å²) in [5, 5.41) is 9.74. The fraction of sp³-hybridized carbons (Fsp3) is 0.912. The Morgan fingerprint density at radius 3 is 0.973 bits per heavy atom. The number of aliphatic carboxylic acids is 1. The number of hydrogen-bond donors (Lipinski definition) is 1. The van der Waals surface area contributed by atoms with Gasteiger partial charge in [0, 0.05) is 5.57 Å². The molecule has 0 aliphatic rings. The zero-order valence-corrected chi connectivity index (χ0v) is 27.0. The van der Waals surface area contributed by atoms with E-state index in [2.05, 4.69) is 26.5 Å². The maximum Gasteiger partial charge on any atom is 0.330 e. The Morgan fingerprint density at radius 1 is 0.486 bits per heavy atom. The number of carbonyl (C=O) groups is 1. The quantitative estimate of drug-likeness (QED) is 0.0586. The molecule has 0 aliphatic heterocycles. The van der Waals surface area contributed by atoms with Gasteiger partial charge in [-0.05, 0) is 6.92 Å². The van der Waals surface area contributed by atoms with Crippen LogP contribution in [0.2, 0.25) is 18.1 Å². The smallest absolute Gasteiger partial charge is 0.330 e. The van der Waals surface area contributed by atoms with E-state index in [0.717, 1.165) is 0 Å². The lowest BCUT2D eigenvalue weighted by atomic mass is 10.1. The summed E-state index contributed by atoms with van der Waals surface area (Å²) in [6, 6.07) is 3.96. The van der Waals surface area contributed by atoms with Crippen LogP contribution < -0.4 is 0 Å². The van der Waals surface area contributed by atoms with Gasteiger partial charge in [0.15, 0.2) is 0 Å². The maximum atomic E-state index is 11.8. The first-order valence-electron chi connectivity index (χ1n) is 16.9. The molecule has 3 heteroatoms. The number of unbranched alkanes of at least 4 members (excludes halogenated alkanes) is 21. The van der Waals surface area contributed by atoms with E-state index in [1.165, 1.54) is 172 Å². The van der Waals surface area contributed by atoms with Crippen LogP contribution in [0, 0.1) is 0 Å². The van der Waals surface area contributed by atoms with Crippen molar-refractivity contribution in [1.82, 2.24) is 0 Å². The molecule has 0 rings (SSSR count). The normalized spacial score (nSPS) is 12.4. The van der Waals surface area contributed by atoms with Gasteiger partial charge in [-0.3, -0.25) is 0 Å². The van der Waals surface area contributed by atoms with Crippen LogP contribution in [0.1, 0.15) is 182 Å². The number of rotatable bonds is 29. The Labute approximate surface area is 234 Å². The largest absolute Gasteiger partial charge is 0.478 e. The first kappa shape index (κ1) is 36.4.